The fourth-order valence-electron chi connectivity index (χ4n) is 4.61. The third-order valence-corrected chi connectivity index (χ3v) is 6.48. The first kappa shape index (κ1) is 25.9. The molecule has 9 heteroatoms. The van der Waals surface area contributed by atoms with Crippen LogP contribution in [0.25, 0.3) is 16.6 Å². The van der Waals surface area contributed by atoms with Crippen molar-refractivity contribution in [1.29, 1.82) is 0 Å². The van der Waals surface area contributed by atoms with E-state index in [0.717, 1.165) is 0 Å². The number of pyridine rings is 1. The standard InChI is InChI=1S/C30H26FN3O5/c1-19-29(30(37)34(33(19)14-15-35)21-6-4-3-5-7-21)26(36)17-20-8-11-28(24(31)16-20)39-27-12-13-32-25-18-22(38-2)9-10-23(25)27/h3-13,16,18,35H,14-15,17H2,1-2H3. The molecule has 0 unspecified atom stereocenters. The van der Waals surface area contributed by atoms with Gasteiger partial charge in [-0.25, -0.2) is 9.07 Å². The monoisotopic (exact) mass is 527 g/mol. The highest BCUT2D eigenvalue weighted by Gasteiger charge is 2.24. The molecule has 0 spiro atoms. The first-order valence-corrected chi connectivity index (χ1v) is 12.3. The molecule has 5 aromatic rings. The fourth-order valence-corrected chi connectivity index (χ4v) is 4.61. The largest absolute Gasteiger partial charge is 0.497 e. The summed E-state index contributed by atoms with van der Waals surface area (Å²) in [6.45, 7) is 1.60. The number of carbonyl (C=O) groups excluding carboxylic acids is 1. The minimum Gasteiger partial charge on any atom is -0.497 e. The topological polar surface area (TPSA) is 95.6 Å². The molecule has 0 aliphatic heterocycles. The summed E-state index contributed by atoms with van der Waals surface area (Å²) in [7, 11) is 1.56. The van der Waals surface area contributed by atoms with E-state index >= 15 is 4.39 Å². The molecule has 0 aliphatic carbocycles. The Hall–Kier alpha value is -4.76. The number of fused-ring (bicyclic) bond motifs is 1. The number of ketones is 1. The maximum Gasteiger partial charge on any atom is 0.282 e. The number of aromatic nitrogens is 3. The number of hydrogen-bond acceptors (Lipinski definition) is 6. The molecule has 0 atom stereocenters. The molecular formula is C30H26FN3O5. The second kappa shape index (κ2) is 10.9. The Labute approximate surface area is 223 Å². The Kier molecular flexibility index (Phi) is 7.25. The summed E-state index contributed by atoms with van der Waals surface area (Å²) in [6.07, 6.45) is 1.39. The zero-order valence-corrected chi connectivity index (χ0v) is 21.4. The summed E-state index contributed by atoms with van der Waals surface area (Å²) in [5.41, 5.74) is 1.57. The van der Waals surface area contributed by atoms with Gasteiger partial charge in [-0.2, -0.15) is 0 Å². The Bertz CT molecular complexity index is 1730. The van der Waals surface area contributed by atoms with Crippen LogP contribution >= 0.6 is 0 Å². The molecule has 39 heavy (non-hydrogen) atoms. The SMILES string of the molecule is COc1ccc2c(Oc3ccc(CC(=O)c4c(C)n(CCO)n(-c5ccccc5)c4=O)cc3F)ccnc2c1. The van der Waals surface area contributed by atoms with E-state index < -0.39 is 17.2 Å². The summed E-state index contributed by atoms with van der Waals surface area (Å²) in [5.74, 6) is -0.0280. The molecule has 0 radical (unpaired) electrons. The van der Waals surface area contributed by atoms with E-state index in [1.165, 1.54) is 16.8 Å². The van der Waals surface area contributed by atoms with Gasteiger partial charge in [-0.05, 0) is 55.0 Å². The number of aliphatic hydroxyl groups excluding tert-OH is 1. The number of nitrogens with zero attached hydrogens (tertiary/aromatic N) is 3. The summed E-state index contributed by atoms with van der Waals surface area (Å²) in [4.78, 5) is 30.9. The summed E-state index contributed by atoms with van der Waals surface area (Å²) in [5, 5.41) is 10.2. The Morgan fingerprint density at radius 3 is 2.54 bits per heavy atom. The molecule has 0 aliphatic rings. The molecule has 8 nitrogen and oxygen atoms in total. The van der Waals surface area contributed by atoms with Crippen LogP contribution in [0.3, 0.4) is 0 Å². The van der Waals surface area contributed by atoms with E-state index in [9.17, 15) is 14.7 Å². The average molecular weight is 528 g/mol. The normalized spacial score (nSPS) is 11.1. The lowest BCUT2D eigenvalue weighted by atomic mass is 10.0. The Morgan fingerprint density at radius 2 is 1.82 bits per heavy atom. The number of hydrogen-bond donors (Lipinski definition) is 1. The second-order valence-corrected chi connectivity index (χ2v) is 8.92. The molecule has 0 fully saturated rings. The van der Waals surface area contributed by atoms with Crippen molar-refractivity contribution in [3.8, 4) is 22.9 Å². The number of Topliss-reactive ketones (excluding diaryl/α,β-unsaturated/α-hetero) is 1. The van der Waals surface area contributed by atoms with Crippen LogP contribution in [-0.2, 0) is 13.0 Å². The molecule has 2 heterocycles. The van der Waals surface area contributed by atoms with Crippen molar-refractivity contribution in [2.45, 2.75) is 19.9 Å². The van der Waals surface area contributed by atoms with Crippen molar-refractivity contribution in [2.75, 3.05) is 13.7 Å². The minimum absolute atomic E-state index is 0.00622. The first-order valence-electron chi connectivity index (χ1n) is 12.3. The van der Waals surface area contributed by atoms with Crippen LogP contribution in [0.2, 0.25) is 0 Å². The van der Waals surface area contributed by atoms with Crippen LogP contribution in [-0.4, -0.2) is 39.0 Å². The number of benzene rings is 3. The number of methoxy groups -OCH3 is 1. The van der Waals surface area contributed by atoms with Gasteiger partial charge in [0.15, 0.2) is 17.3 Å². The lowest BCUT2D eigenvalue weighted by Gasteiger charge is -2.12. The molecule has 5 rings (SSSR count). The van der Waals surface area contributed by atoms with Gasteiger partial charge in [0.2, 0.25) is 0 Å². The van der Waals surface area contributed by atoms with Crippen LogP contribution in [0, 0.1) is 12.7 Å². The number of rotatable bonds is 9. The lowest BCUT2D eigenvalue weighted by molar-refractivity contribution is 0.0991. The zero-order valence-electron chi connectivity index (χ0n) is 21.4. The molecule has 198 valence electrons. The van der Waals surface area contributed by atoms with Gasteiger partial charge in [-0.3, -0.25) is 19.3 Å². The predicted molar refractivity (Wildman–Crippen MR) is 145 cm³/mol. The van der Waals surface area contributed by atoms with Gasteiger partial charge in [0.1, 0.15) is 17.1 Å². The highest BCUT2D eigenvalue weighted by molar-refractivity contribution is 5.98. The molecule has 2 aromatic heterocycles. The maximum absolute atomic E-state index is 15.1. The fraction of sp³-hybridized carbons (Fsp3) is 0.167. The van der Waals surface area contributed by atoms with Gasteiger partial charge in [0.25, 0.3) is 5.56 Å². The third kappa shape index (κ3) is 5.04. The van der Waals surface area contributed by atoms with Crippen molar-refractivity contribution >= 4 is 16.7 Å². The number of aliphatic hydroxyl groups is 1. The van der Waals surface area contributed by atoms with Crippen LogP contribution in [0.15, 0.2) is 83.8 Å². The molecular weight excluding hydrogens is 501 g/mol. The summed E-state index contributed by atoms with van der Waals surface area (Å²) < 4.78 is 29.1. The first-order chi connectivity index (χ1) is 18.9. The van der Waals surface area contributed by atoms with E-state index in [4.69, 9.17) is 9.47 Å². The number of para-hydroxylation sites is 1. The third-order valence-electron chi connectivity index (χ3n) is 6.48. The Balaban J connectivity index is 1.41. The minimum atomic E-state index is -0.643. The highest BCUT2D eigenvalue weighted by Crippen LogP contribution is 2.32. The summed E-state index contributed by atoms with van der Waals surface area (Å²) >= 11 is 0. The van der Waals surface area contributed by atoms with Crippen molar-refractivity contribution in [3.05, 3.63) is 112 Å². The van der Waals surface area contributed by atoms with Gasteiger partial charge >= 0.3 is 0 Å². The van der Waals surface area contributed by atoms with Crippen molar-refractivity contribution in [1.82, 2.24) is 14.3 Å². The van der Waals surface area contributed by atoms with Gasteiger partial charge in [-0.15, -0.1) is 0 Å². The molecule has 1 N–H and O–H groups in total. The number of ether oxygens (including phenoxy) is 2. The molecule has 0 saturated heterocycles. The Morgan fingerprint density at radius 1 is 1.03 bits per heavy atom. The predicted octanol–water partition coefficient (Wildman–Crippen LogP) is 4.85. The number of carbonyl (C=O) groups is 1. The smallest absolute Gasteiger partial charge is 0.282 e. The van der Waals surface area contributed by atoms with Crippen molar-refractivity contribution in [3.63, 3.8) is 0 Å². The van der Waals surface area contributed by atoms with Crippen molar-refractivity contribution < 1.29 is 23.8 Å². The molecule has 3 aromatic carbocycles. The van der Waals surface area contributed by atoms with E-state index in [1.54, 1.807) is 79.5 Å². The molecule has 0 bridgehead atoms. The zero-order chi connectivity index (χ0) is 27.5. The summed E-state index contributed by atoms with van der Waals surface area (Å²) in [6, 6.07) is 20.1. The maximum atomic E-state index is 15.1. The highest BCUT2D eigenvalue weighted by atomic mass is 19.1. The van der Waals surface area contributed by atoms with Crippen LogP contribution in [0.4, 0.5) is 4.39 Å². The molecule has 0 saturated carbocycles. The second-order valence-electron chi connectivity index (χ2n) is 8.92. The van der Waals surface area contributed by atoms with Crippen LogP contribution in [0.1, 0.15) is 21.6 Å². The average Bonchev–Trinajstić information content (AvgIpc) is 3.19. The quantitative estimate of drug-likeness (QED) is 0.275. The van der Waals surface area contributed by atoms with Gasteiger partial charge < -0.3 is 14.6 Å². The van der Waals surface area contributed by atoms with Gasteiger partial charge in [0, 0.05) is 29.8 Å². The van der Waals surface area contributed by atoms with Gasteiger partial charge in [-0.1, -0.05) is 24.3 Å². The van der Waals surface area contributed by atoms with Gasteiger partial charge in [0.05, 0.1) is 31.5 Å². The number of halogens is 1. The molecule has 0 amide bonds. The van der Waals surface area contributed by atoms with E-state index in [1.807, 2.05) is 6.07 Å². The van der Waals surface area contributed by atoms with Crippen LogP contribution < -0.4 is 15.0 Å². The van der Waals surface area contributed by atoms with Crippen LogP contribution in [0.5, 0.6) is 17.2 Å². The lowest BCUT2D eigenvalue weighted by Crippen LogP contribution is -2.24. The van der Waals surface area contributed by atoms with E-state index in [2.05, 4.69) is 4.98 Å². The van der Waals surface area contributed by atoms with Crippen molar-refractivity contribution in [2.24, 2.45) is 0 Å². The van der Waals surface area contributed by atoms with E-state index in [-0.39, 0.29) is 30.9 Å². The van der Waals surface area contributed by atoms with E-state index in [0.29, 0.717) is 39.3 Å².